The smallest absolute Gasteiger partial charge is 0.264 e. The highest BCUT2D eigenvalue weighted by Gasteiger charge is 2.22. The van der Waals surface area contributed by atoms with Crippen molar-refractivity contribution in [3.63, 3.8) is 0 Å². The summed E-state index contributed by atoms with van der Waals surface area (Å²) in [5, 5.41) is 19.5. The van der Waals surface area contributed by atoms with Crippen LogP contribution in [-0.2, 0) is 4.79 Å². The fraction of sp³-hybridized carbons (Fsp3) is 0.0909. The minimum absolute atomic E-state index is 0.0862. The number of hydrogen-bond donors (Lipinski definition) is 3. The second-order valence-electron chi connectivity index (χ2n) is 3.45. The Bertz CT molecular complexity index is 572. The van der Waals surface area contributed by atoms with Crippen molar-refractivity contribution in [3.05, 3.63) is 27.6 Å². The first-order valence-electron chi connectivity index (χ1n) is 4.87. The van der Waals surface area contributed by atoms with Crippen LogP contribution in [0, 0.1) is 5.41 Å². The number of methoxy groups -OCH3 is 1. The lowest BCUT2D eigenvalue weighted by Gasteiger charge is -2.06. The highest BCUT2D eigenvalue weighted by molar-refractivity contribution is 8.18. The number of benzene rings is 1. The van der Waals surface area contributed by atoms with Gasteiger partial charge in [-0.2, -0.15) is 0 Å². The number of rotatable bonds is 2. The zero-order valence-corrected chi connectivity index (χ0v) is 10.9. The van der Waals surface area contributed by atoms with Crippen LogP contribution in [0.2, 0.25) is 5.02 Å². The van der Waals surface area contributed by atoms with Gasteiger partial charge in [0.1, 0.15) is 0 Å². The van der Waals surface area contributed by atoms with Gasteiger partial charge in [0.2, 0.25) is 0 Å². The normalized spacial score (nSPS) is 17.1. The maximum atomic E-state index is 11.4. The molecule has 1 aliphatic heterocycles. The molecule has 1 saturated heterocycles. The molecule has 0 bridgehead atoms. The van der Waals surface area contributed by atoms with E-state index in [4.69, 9.17) is 21.7 Å². The van der Waals surface area contributed by atoms with E-state index in [-0.39, 0.29) is 27.6 Å². The molecule has 0 atom stereocenters. The number of carbonyl (C=O) groups is 1. The second-order valence-corrected chi connectivity index (χ2v) is 4.91. The van der Waals surface area contributed by atoms with Crippen LogP contribution in [0.1, 0.15) is 5.56 Å². The van der Waals surface area contributed by atoms with E-state index in [1.807, 2.05) is 0 Å². The highest BCUT2D eigenvalue weighted by Crippen LogP contribution is 2.36. The predicted molar refractivity (Wildman–Crippen MR) is 71.1 cm³/mol. The molecule has 3 N–H and O–H groups in total. The van der Waals surface area contributed by atoms with Crippen LogP contribution in [0.5, 0.6) is 11.5 Å². The molecule has 1 aromatic rings. The highest BCUT2D eigenvalue weighted by atomic mass is 35.5. The quantitative estimate of drug-likeness (QED) is 0.727. The molecule has 1 amide bonds. The Morgan fingerprint density at radius 1 is 1.56 bits per heavy atom. The van der Waals surface area contributed by atoms with Crippen LogP contribution in [0.15, 0.2) is 17.0 Å². The Kier molecular flexibility index (Phi) is 3.49. The zero-order valence-electron chi connectivity index (χ0n) is 9.28. The van der Waals surface area contributed by atoms with Crippen molar-refractivity contribution in [3.8, 4) is 11.5 Å². The number of amidine groups is 1. The summed E-state index contributed by atoms with van der Waals surface area (Å²) in [5.74, 6) is -0.237. The summed E-state index contributed by atoms with van der Waals surface area (Å²) in [6.07, 6.45) is 1.58. The molecule has 0 saturated carbocycles. The molecule has 1 heterocycles. The van der Waals surface area contributed by atoms with E-state index in [2.05, 4.69) is 5.32 Å². The van der Waals surface area contributed by atoms with E-state index in [9.17, 15) is 9.90 Å². The van der Waals surface area contributed by atoms with Crippen LogP contribution < -0.4 is 10.1 Å². The molecule has 18 heavy (non-hydrogen) atoms. The molecule has 1 aliphatic rings. The maximum Gasteiger partial charge on any atom is 0.264 e. The number of halogens is 1. The van der Waals surface area contributed by atoms with Gasteiger partial charge in [0, 0.05) is 0 Å². The van der Waals surface area contributed by atoms with Gasteiger partial charge >= 0.3 is 0 Å². The summed E-state index contributed by atoms with van der Waals surface area (Å²) >= 11 is 6.87. The molecule has 1 aromatic carbocycles. The van der Waals surface area contributed by atoms with Crippen LogP contribution in [0.3, 0.4) is 0 Å². The Balaban J connectivity index is 2.41. The Morgan fingerprint density at radius 2 is 2.28 bits per heavy atom. The number of amides is 1. The first-order chi connectivity index (χ1) is 8.51. The maximum absolute atomic E-state index is 11.4. The molecule has 2 rings (SSSR count). The van der Waals surface area contributed by atoms with Crippen molar-refractivity contribution in [1.29, 1.82) is 5.41 Å². The Morgan fingerprint density at radius 3 is 2.83 bits per heavy atom. The number of nitrogens with one attached hydrogen (secondary N) is 2. The second kappa shape index (κ2) is 4.91. The fourth-order valence-electron chi connectivity index (χ4n) is 1.43. The minimum Gasteiger partial charge on any atom is -0.503 e. The van der Waals surface area contributed by atoms with Crippen molar-refractivity contribution in [1.82, 2.24) is 5.32 Å². The van der Waals surface area contributed by atoms with Gasteiger partial charge in [-0.25, -0.2) is 0 Å². The number of phenolic OH excluding ortho intramolecular Hbond substituents is 1. The van der Waals surface area contributed by atoms with Crippen molar-refractivity contribution in [2.75, 3.05) is 7.11 Å². The van der Waals surface area contributed by atoms with Crippen molar-refractivity contribution in [2.24, 2.45) is 0 Å². The zero-order chi connectivity index (χ0) is 13.3. The van der Waals surface area contributed by atoms with E-state index in [1.54, 1.807) is 12.1 Å². The first kappa shape index (κ1) is 12.8. The van der Waals surface area contributed by atoms with Crippen LogP contribution >= 0.6 is 23.4 Å². The standard InChI is InChI=1S/C11H9ClN2O3S/c1-17-7-3-5(2-6(12)9(7)15)4-8-10(16)14-11(13)18-8/h2-4,15H,1H3,(H2,13,14,16)/b8-4-. The predicted octanol–water partition coefficient (Wildman–Crippen LogP) is 2.19. The van der Waals surface area contributed by atoms with Crippen molar-refractivity contribution < 1.29 is 14.6 Å². The van der Waals surface area contributed by atoms with Gasteiger partial charge in [-0.3, -0.25) is 10.2 Å². The number of ether oxygens (including phenoxy) is 1. The summed E-state index contributed by atoms with van der Waals surface area (Å²) < 4.78 is 4.97. The van der Waals surface area contributed by atoms with E-state index in [0.717, 1.165) is 11.8 Å². The third-order valence-corrected chi connectivity index (χ3v) is 3.35. The third-order valence-electron chi connectivity index (χ3n) is 2.23. The lowest BCUT2D eigenvalue weighted by Crippen LogP contribution is -2.18. The molecule has 0 radical (unpaired) electrons. The molecular formula is C11H9ClN2O3S. The number of phenols is 1. The summed E-state index contributed by atoms with van der Waals surface area (Å²) in [6, 6.07) is 3.08. The van der Waals surface area contributed by atoms with Gasteiger partial charge in [-0.15, -0.1) is 0 Å². The van der Waals surface area contributed by atoms with Crippen molar-refractivity contribution in [2.45, 2.75) is 0 Å². The summed E-state index contributed by atoms with van der Waals surface area (Å²) in [4.78, 5) is 11.8. The van der Waals surface area contributed by atoms with Gasteiger partial charge < -0.3 is 15.2 Å². The van der Waals surface area contributed by atoms with E-state index < -0.39 is 0 Å². The number of aromatic hydroxyl groups is 1. The summed E-state index contributed by atoms with van der Waals surface area (Å²) in [7, 11) is 1.41. The molecule has 1 fully saturated rings. The van der Waals surface area contributed by atoms with Crippen LogP contribution in [0.4, 0.5) is 0 Å². The van der Waals surface area contributed by atoms with Crippen molar-refractivity contribution >= 4 is 40.5 Å². The van der Waals surface area contributed by atoms with Crippen LogP contribution in [-0.4, -0.2) is 23.3 Å². The Hall–Kier alpha value is -1.66. The minimum atomic E-state index is -0.326. The van der Waals surface area contributed by atoms with Gasteiger partial charge in [0.05, 0.1) is 17.0 Å². The molecule has 0 aromatic heterocycles. The van der Waals surface area contributed by atoms with E-state index in [1.165, 1.54) is 13.2 Å². The SMILES string of the molecule is COc1cc(/C=C2\SC(=N)NC2=O)cc(Cl)c1O. The average molecular weight is 285 g/mol. The number of thioether (sulfide) groups is 1. The first-order valence-corrected chi connectivity index (χ1v) is 6.06. The molecule has 94 valence electrons. The Labute approximate surface area is 112 Å². The lowest BCUT2D eigenvalue weighted by atomic mass is 10.2. The van der Waals surface area contributed by atoms with E-state index in [0.29, 0.717) is 10.5 Å². The average Bonchev–Trinajstić information content (AvgIpc) is 2.62. The molecule has 0 aliphatic carbocycles. The summed E-state index contributed by atoms with van der Waals surface area (Å²) in [6.45, 7) is 0. The molecule has 0 unspecified atom stereocenters. The summed E-state index contributed by atoms with van der Waals surface area (Å²) in [5.41, 5.74) is 0.613. The number of hydrogen-bond acceptors (Lipinski definition) is 5. The number of carbonyl (C=O) groups excluding carboxylic acids is 1. The van der Waals surface area contributed by atoms with Gasteiger partial charge in [0.25, 0.3) is 5.91 Å². The molecular weight excluding hydrogens is 276 g/mol. The van der Waals surface area contributed by atoms with E-state index >= 15 is 0 Å². The van der Waals surface area contributed by atoms with Gasteiger partial charge in [-0.05, 0) is 35.5 Å². The fourth-order valence-corrected chi connectivity index (χ4v) is 2.35. The van der Waals surface area contributed by atoms with Gasteiger partial charge in [0.15, 0.2) is 16.7 Å². The third kappa shape index (κ3) is 2.44. The lowest BCUT2D eigenvalue weighted by molar-refractivity contribution is -0.115. The topological polar surface area (TPSA) is 82.4 Å². The monoisotopic (exact) mass is 284 g/mol. The van der Waals surface area contributed by atoms with Gasteiger partial charge in [-0.1, -0.05) is 11.6 Å². The molecule has 7 heteroatoms. The molecule has 5 nitrogen and oxygen atoms in total. The largest absolute Gasteiger partial charge is 0.503 e. The molecule has 0 spiro atoms. The van der Waals surface area contributed by atoms with Crippen LogP contribution in [0.25, 0.3) is 6.08 Å².